The molecule has 0 rings (SSSR count). The van der Waals surface area contributed by atoms with Gasteiger partial charge >= 0.3 is 57.5 Å². The smallest absolute Gasteiger partial charge is 0.450 e. The van der Waals surface area contributed by atoms with Gasteiger partial charge in [-0.3, -0.25) is 0 Å². The Morgan fingerprint density at radius 3 is 1.33 bits per heavy atom. The fourth-order valence-corrected chi connectivity index (χ4v) is 0. The number of rotatable bonds is 0. The van der Waals surface area contributed by atoms with Crippen LogP contribution < -0.4 is 51.4 Å². The molecule has 32 valence electrons. The minimum atomic E-state index is -1.83. The van der Waals surface area contributed by atoms with Crippen molar-refractivity contribution in [3.63, 3.8) is 0 Å². The van der Waals surface area contributed by atoms with Crippen LogP contribution in [0.3, 0.4) is 0 Å². The summed E-state index contributed by atoms with van der Waals surface area (Å²) in [5.41, 5.74) is 0. The summed E-state index contributed by atoms with van der Waals surface area (Å²) < 4.78 is 0. The first-order chi connectivity index (χ1) is 1.73. The third kappa shape index (κ3) is 91.1. The van der Waals surface area contributed by atoms with Crippen molar-refractivity contribution in [2.75, 3.05) is 0 Å². The van der Waals surface area contributed by atoms with Crippen LogP contribution in [0.1, 0.15) is 0 Å². The predicted molar refractivity (Wildman–Crippen MR) is 17.1 cm³/mol. The molecule has 2 N–H and O–H groups in total. The van der Waals surface area contributed by atoms with Gasteiger partial charge in [-0.2, -0.15) is 0 Å². The Labute approximate surface area is 78.8 Å². The maximum Gasteiger partial charge on any atom is 1.00 e. The van der Waals surface area contributed by atoms with Crippen molar-refractivity contribution in [2.24, 2.45) is 0 Å². The maximum atomic E-state index is 8.56. The van der Waals surface area contributed by atoms with Crippen LogP contribution in [-0.2, 0) is 0 Å². The van der Waals surface area contributed by atoms with E-state index in [9.17, 15) is 0 Å². The molecule has 0 saturated heterocycles. The maximum absolute atomic E-state index is 8.56. The van der Waals surface area contributed by atoms with Crippen molar-refractivity contribution in [2.45, 2.75) is 0 Å². The van der Waals surface area contributed by atoms with E-state index < -0.39 is 6.16 Å². The van der Waals surface area contributed by atoms with E-state index in [4.69, 9.17) is 15.0 Å². The average Bonchev–Trinajstić information content (AvgIpc) is 0.811. The van der Waals surface area contributed by atoms with E-state index in [-0.39, 0.29) is 58.8 Å². The van der Waals surface area contributed by atoms with Gasteiger partial charge in [0.2, 0.25) is 0 Å². The van der Waals surface area contributed by atoms with Crippen LogP contribution in [0.2, 0.25) is 0 Å². The Kier molecular flexibility index (Phi) is 24.5. The molecule has 0 saturated carbocycles. The van der Waals surface area contributed by atoms with Crippen molar-refractivity contribution in [3.8, 4) is 0 Å². The molecule has 4 heteroatoms. The third-order valence-electron chi connectivity index (χ3n) is 0. The molecule has 0 bridgehead atoms. The Morgan fingerprint density at radius 2 is 1.33 bits per heavy atom. The second-order valence-corrected chi connectivity index (χ2v) is 0.283. The summed E-state index contributed by atoms with van der Waals surface area (Å²) >= 11 is 0. The van der Waals surface area contributed by atoms with E-state index in [0.29, 0.717) is 0 Å². The molecule has 6 heavy (non-hydrogen) atoms. The summed E-state index contributed by atoms with van der Waals surface area (Å²) in [5.74, 6) is 0. The topological polar surface area (TPSA) is 57.5 Å². The van der Waals surface area contributed by atoms with Crippen molar-refractivity contribution < 1.29 is 66.4 Å². The molecule has 0 aliphatic rings. The van der Waals surface area contributed by atoms with E-state index in [1.807, 2.05) is 0 Å². The molecule has 0 aliphatic heterocycles. The van der Waals surface area contributed by atoms with Gasteiger partial charge in [-0.05, 0) is 0 Å². The zero-order valence-corrected chi connectivity index (χ0v) is 6.93. The van der Waals surface area contributed by atoms with E-state index in [0.717, 1.165) is 0 Å². The molecule has 0 aliphatic carbocycles. The van der Waals surface area contributed by atoms with Crippen LogP contribution in [0.4, 0.5) is 4.79 Å². The monoisotopic (exact) mass is 116 g/mol. The fraction of sp³-hybridized carbons (Fsp3) is 0. The Hall–Kier alpha value is 0.906. The van der Waals surface area contributed by atoms with Crippen LogP contribution >= 0.6 is 0 Å². The van der Waals surface area contributed by atoms with Gasteiger partial charge in [0.15, 0.2) is 0 Å². The SMILES string of the molecule is O=C(O)O.[CH3-].[K+]. The van der Waals surface area contributed by atoms with Gasteiger partial charge in [0.1, 0.15) is 0 Å². The molecular formula is C2H5KO3. The van der Waals surface area contributed by atoms with Crippen molar-refractivity contribution in [3.05, 3.63) is 7.43 Å². The van der Waals surface area contributed by atoms with Crippen molar-refractivity contribution in [1.29, 1.82) is 0 Å². The van der Waals surface area contributed by atoms with Crippen molar-refractivity contribution >= 4 is 6.16 Å². The molecule has 0 fully saturated rings. The summed E-state index contributed by atoms with van der Waals surface area (Å²) in [4.78, 5) is 8.56. The van der Waals surface area contributed by atoms with E-state index in [1.165, 1.54) is 0 Å². The number of hydrogen-bond donors (Lipinski definition) is 2. The van der Waals surface area contributed by atoms with Crippen LogP contribution in [0.15, 0.2) is 0 Å². The van der Waals surface area contributed by atoms with Gasteiger partial charge in [-0.25, -0.2) is 4.79 Å². The van der Waals surface area contributed by atoms with Crippen LogP contribution in [0.25, 0.3) is 0 Å². The molecule has 0 radical (unpaired) electrons. The quantitative estimate of drug-likeness (QED) is 0.276. The zero-order valence-electron chi connectivity index (χ0n) is 3.80. The molecule has 0 unspecified atom stereocenters. The normalized spacial score (nSPS) is 4.00. The molecule has 0 heterocycles. The van der Waals surface area contributed by atoms with E-state index in [2.05, 4.69) is 0 Å². The molecular weight excluding hydrogens is 111 g/mol. The van der Waals surface area contributed by atoms with Crippen molar-refractivity contribution in [1.82, 2.24) is 0 Å². The summed E-state index contributed by atoms with van der Waals surface area (Å²) in [6, 6.07) is 0. The minimum Gasteiger partial charge on any atom is -0.450 e. The number of carbonyl (C=O) groups is 1. The van der Waals surface area contributed by atoms with Crippen LogP contribution in [-0.4, -0.2) is 16.4 Å². The Morgan fingerprint density at radius 1 is 1.33 bits per heavy atom. The van der Waals surface area contributed by atoms with Crippen LogP contribution in [0, 0.1) is 7.43 Å². The summed E-state index contributed by atoms with van der Waals surface area (Å²) in [6.07, 6.45) is -1.83. The molecule has 0 amide bonds. The number of carboxylic acid groups (broad SMARTS) is 2. The molecule has 0 aromatic carbocycles. The first-order valence-electron chi connectivity index (χ1n) is 0.651. The van der Waals surface area contributed by atoms with Gasteiger partial charge in [0, 0.05) is 0 Å². The fourth-order valence-electron chi connectivity index (χ4n) is 0. The second kappa shape index (κ2) is 9.32. The first-order valence-corrected chi connectivity index (χ1v) is 0.651. The van der Waals surface area contributed by atoms with Crippen LogP contribution in [0.5, 0.6) is 0 Å². The van der Waals surface area contributed by atoms with Gasteiger partial charge in [0.05, 0.1) is 0 Å². The predicted octanol–water partition coefficient (Wildman–Crippen LogP) is -2.32. The third-order valence-corrected chi connectivity index (χ3v) is 0. The largest absolute Gasteiger partial charge is 1.00 e. The Balaban J connectivity index is -0.0000000450. The van der Waals surface area contributed by atoms with Gasteiger partial charge in [-0.1, -0.05) is 0 Å². The summed E-state index contributed by atoms with van der Waals surface area (Å²) in [7, 11) is 0. The minimum absolute atomic E-state index is 0. The zero-order chi connectivity index (χ0) is 3.58. The second-order valence-electron chi connectivity index (χ2n) is 0.283. The summed E-state index contributed by atoms with van der Waals surface area (Å²) in [6.45, 7) is 0. The van der Waals surface area contributed by atoms with Gasteiger partial charge < -0.3 is 17.6 Å². The standard InChI is InChI=1S/CH2O3.CH3.K/c2-1(3)4;;/h(H2,2,3,4);1H3;/q;-1;+1. The average molecular weight is 116 g/mol. The number of hydrogen-bond acceptors (Lipinski definition) is 1. The molecule has 3 nitrogen and oxygen atoms in total. The molecule has 0 aromatic rings. The van der Waals surface area contributed by atoms with E-state index in [1.54, 1.807) is 0 Å². The Bertz CT molecular complexity index is 31.8. The van der Waals surface area contributed by atoms with Gasteiger partial charge in [0.25, 0.3) is 0 Å². The summed E-state index contributed by atoms with van der Waals surface area (Å²) in [5, 5.41) is 13.9. The first kappa shape index (κ1) is 15.8. The molecule has 0 atom stereocenters. The molecule has 0 spiro atoms. The van der Waals surface area contributed by atoms with E-state index >= 15 is 0 Å². The molecule has 0 aromatic heterocycles. The van der Waals surface area contributed by atoms with Gasteiger partial charge in [-0.15, -0.1) is 0 Å².